The van der Waals surface area contributed by atoms with E-state index < -0.39 is 0 Å². The van der Waals surface area contributed by atoms with E-state index in [1.54, 1.807) is 48.5 Å². The number of allylic oxidation sites excluding steroid dienone is 1. The fraction of sp³-hybridized carbons (Fsp3) is 0.0588. The van der Waals surface area contributed by atoms with E-state index >= 15 is 0 Å². The third-order valence-electron chi connectivity index (χ3n) is 2.91. The van der Waals surface area contributed by atoms with E-state index in [1.165, 1.54) is 6.20 Å². The van der Waals surface area contributed by atoms with Gasteiger partial charge in [-0.15, -0.1) is 0 Å². The lowest BCUT2D eigenvalue weighted by molar-refractivity contribution is 0.102. The highest BCUT2D eigenvalue weighted by Gasteiger charge is 2.11. The first-order valence-corrected chi connectivity index (χ1v) is 6.75. The Morgan fingerprint density at radius 1 is 1.13 bits per heavy atom. The van der Waals surface area contributed by atoms with Crippen molar-refractivity contribution < 1.29 is 4.79 Å². The Hall–Kier alpha value is -3.64. The van der Waals surface area contributed by atoms with Crippen LogP contribution in [0.3, 0.4) is 0 Å². The second-order valence-electron chi connectivity index (χ2n) is 4.59. The van der Waals surface area contributed by atoms with E-state index in [0.29, 0.717) is 17.1 Å². The van der Waals surface area contributed by atoms with E-state index in [1.807, 2.05) is 13.0 Å². The summed E-state index contributed by atoms with van der Waals surface area (Å²) in [5.74, 6) is 0.116. The molecule has 112 valence electrons. The molecule has 0 spiro atoms. The van der Waals surface area contributed by atoms with Crippen LogP contribution in [0.25, 0.3) is 0 Å². The van der Waals surface area contributed by atoms with Crippen molar-refractivity contribution in [1.82, 2.24) is 4.98 Å². The Morgan fingerprint density at radius 2 is 1.87 bits per heavy atom. The molecule has 2 aromatic rings. The second-order valence-corrected chi connectivity index (χ2v) is 4.59. The van der Waals surface area contributed by atoms with Crippen LogP contribution < -0.4 is 10.6 Å². The van der Waals surface area contributed by atoms with E-state index in [9.17, 15) is 4.79 Å². The molecule has 1 aromatic heterocycles. The number of pyridine rings is 1. The zero-order valence-corrected chi connectivity index (χ0v) is 12.4. The molecule has 1 amide bonds. The third kappa shape index (κ3) is 4.16. The van der Waals surface area contributed by atoms with Crippen LogP contribution in [0.15, 0.2) is 54.2 Å². The molecule has 2 rings (SSSR count). The molecule has 6 nitrogen and oxygen atoms in total. The van der Waals surface area contributed by atoms with Gasteiger partial charge in [-0.1, -0.05) is 18.2 Å². The van der Waals surface area contributed by atoms with Gasteiger partial charge in [-0.25, -0.2) is 4.98 Å². The van der Waals surface area contributed by atoms with E-state index in [0.717, 1.165) is 5.69 Å². The number of carbonyl (C=O) groups excluding carboxylic acids is 1. The minimum Gasteiger partial charge on any atom is -0.359 e. The Morgan fingerprint density at radius 3 is 2.57 bits per heavy atom. The Kier molecular flexibility index (Phi) is 5.06. The lowest BCUT2D eigenvalue weighted by Gasteiger charge is -2.09. The molecular formula is C17H13N5O. The molecule has 2 N–H and O–H groups in total. The molecule has 0 aliphatic heterocycles. The van der Waals surface area contributed by atoms with Gasteiger partial charge in [0, 0.05) is 11.9 Å². The van der Waals surface area contributed by atoms with Crippen molar-refractivity contribution in [1.29, 1.82) is 10.5 Å². The SMILES string of the molecule is Cc1cccc(NC(=O)c2ccccc2NC=C(C#N)C#N)n1. The van der Waals surface area contributed by atoms with Gasteiger partial charge in [-0.05, 0) is 31.2 Å². The summed E-state index contributed by atoms with van der Waals surface area (Å²) < 4.78 is 0. The monoisotopic (exact) mass is 303 g/mol. The van der Waals surface area contributed by atoms with Crippen molar-refractivity contribution in [3.8, 4) is 12.1 Å². The van der Waals surface area contributed by atoms with Crippen molar-refractivity contribution in [3.05, 3.63) is 65.5 Å². The second kappa shape index (κ2) is 7.39. The summed E-state index contributed by atoms with van der Waals surface area (Å²) in [5, 5.41) is 23.0. The zero-order valence-electron chi connectivity index (χ0n) is 12.4. The molecule has 0 aliphatic carbocycles. The fourth-order valence-corrected chi connectivity index (χ4v) is 1.84. The lowest BCUT2D eigenvalue weighted by Crippen LogP contribution is -2.14. The number of carbonyl (C=O) groups is 1. The number of hydrogen-bond acceptors (Lipinski definition) is 5. The van der Waals surface area contributed by atoms with Gasteiger partial charge in [0.25, 0.3) is 5.91 Å². The molecule has 0 saturated carbocycles. The molecule has 23 heavy (non-hydrogen) atoms. The summed E-state index contributed by atoms with van der Waals surface area (Å²) in [5.41, 5.74) is 1.58. The van der Waals surface area contributed by atoms with Crippen LogP contribution in [-0.4, -0.2) is 10.9 Å². The van der Waals surface area contributed by atoms with Gasteiger partial charge < -0.3 is 10.6 Å². The van der Waals surface area contributed by atoms with Gasteiger partial charge in [-0.3, -0.25) is 4.79 Å². The molecule has 0 atom stereocenters. The Balaban J connectivity index is 2.23. The average molecular weight is 303 g/mol. The molecule has 0 fully saturated rings. The van der Waals surface area contributed by atoms with E-state index in [4.69, 9.17) is 10.5 Å². The number of benzene rings is 1. The zero-order chi connectivity index (χ0) is 16.7. The van der Waals surface area contributed by atoms with E-state index in [-0.39, 0.29) is 11.5 Å². The van der Waals surface area contributed by atoms with Gasteiger partial charge in [-0.2, -0.15) is 10.5 Å². The van der Waals surface area contributed by atoms with Crippen LogP contribution in [0, 0.1) is 29.6 Å². The van der Waals surface area contributed by atoms with E-state index in [2.05, 4.69) is 15.6 Å². The molecule has 0 aliphatic rings. The number of nitriles is 2. The summed E-state index contributed by atoms with van der Waals surface area (Å²) in [4.78, 5) is 16.6. The number of hydrogen-bond donors (Lipinski definition) is 2. The van der Waals surface area contributed by atoms with Crippen molar-refractivity contribution in [2.24, 2.45) is 0 Å². The van der Waals surface area contributed by atoms with Crippen LogP contribution in [0.5, 0.6) is 0 Å². The normalized spacial score (nSPS) is 9.17. The third-order valence-corrected chi connectivity index (χ3v) is 2.91. The molecule has 0 saturated heterocycles. The minimum absolute atomic E-state index is 0.0828. The van der Waals surface area contributed by atoms with Crippen molar-refractivity contribution in [2.45, 2.75) is 6.92 Å². The highest BCUT2D eigenvalue weighted by atomic mass is 16.1. The van der Waals surface area contributed by atoms with Gasteiger partial charge in [0.1, 0.15) is 23.5 Å². The molecule has 6 heteroatoms. The standard InChI is InChI=1S/C17H13N5O/c1-12-5-4-8-16(21-12)22-17(23)14-6-2-3-7-15(14)20-11-13(9-18)10-19/h2-8,11,20H,1H3,(H,21,22,23). The number of amides is 1. The van der Waals surface area contributed by atoms with Gasteiger partial charge in [0.2, 0.25) is 0 Å². The number of anilines is 2. The highest BCUT2D eigenvalue weighted by molar-refractivity contribution is 6.07. The summed E-state index contributed by atoms with van der Waals surface area (Å²) in [7, 11) is 0. The highest BCUT2D eigenvalue weighted by Crippen LogP contribution is 2.17. The van der Waals surface area contributed by atoms with Crippen molar-refractivity contribution in [3.63, 3.8) is 0 Å². The summed E-state index contributed by atoms with van der Waals surface area (Å²) in [6, 6.07) is 15.6. The van der Waals surface area contributed by atoms with Crippen LogP contribution in [0.1, 0.15) is 16.1 Å². The van der Waals surface area contributed by atoms with Gasteiger partial charge in [0.05, 0.1) is 11.3 Å². The van der Waals surface area contributed by atoms with Gasteiger partial charge >= 0.3 is 0 Å². The molecular weight excluding hydrogens is 290 g/mol. The first-order valence-electron chi connectivity index (χ1n) is 6.75. The predicted octanol–water partition coefficient (Wildman–Crippen LogP) is 2.99. The molecule has 0 bridgehead atoms. The first-order chi connectivity index (χ1) is 11.1. The Bertz CT molecular complexity index is 827. The molecule has 0 radical (unpaired) electrons. The fourth-order valence-electron chi connectivity index (χ4n) is 1.84. The molecule has 1 aromatic carbocycles. The Labute approximate surface area is 133 Å². The number of para-hydroxylation sites is 1. The summed E-state index contributed by atoms with van der Waals surface area (Å²) in [6.45, 7) is 1.83. The lowest BCUT2D eigenvalue weighted by atomic mass is 10.1. The largest absolute Gasteiger partial charge is 0.359 e. The quantitative estimate of drug-likeness (QED) is 0.845. The predicted molar refractivity (Wildman–Crippen MR) is 86.3 cm³/mol. The maximum atomic E-state index is 12.4. The maximum absolute atomic E-state index is 12.4. The topological polar surface area (TPSA) is 102 Å². The smallest absolute Gasteiger partial charge is 0.258 e. The number of aromatic nitrogens is 1. The summed E-state index contributed by atoms with van der Waals surface area (Å²) in [6.07, 6.45) is 1.26. The van der Waals surface area contributed by atoms with Crippen molar-refractivity contribution >= 4 is 17.4 Å². The molecule has 0 unspecified atom stereocenters. The average Bonchev–Trinajstić information content (AvgIpc) is 2.56. The summed E-state index contributed by atoms with van der Waals surface area (Å²) >= 11 is 0. The van der Waals surface area contributed by atoms with Crippen molar-refractivity contribution in [2.75, 3.05) is 10.6 Å². The number of rotatable bonds is 4. The number of nitrogens with one attached hydrogen (secondary N) is 2. The van der Waals surface area contributed by atoms with Crippen LogP contribution in [0.4, 0.5) is 11.5 Å². The van der Waals surface area contributed by atoms with Crippen LogP contribution >= 0.6 is 0 Å². The minimum atomic E-state index is -0.338. The number of nitrogens with zero attached hydrogens (tertiary/aromatic N) is 3. The molecule has 1 heterocycles. The first kappa shape index (κ1) is 15.7. The van der Waals surface area contributed by atoms with Crippen LogP contribution in [-0.2, 0) is 0 Å². The number of aryl methyl sites for hydroxylation is 1. The maximum Gasteiger partial charge on any atom is 0.258 e. The van der Waals surface area contributed by atoms with Crippen LogP contribution in [0.2, 0.25) is 0 Å². The van der Waals surface area contributed by atoms with Gasteiger partial charge in [0.15, 0.2) is 0 Å².